The van der Waals surface area contributed by atoms with Gasteiger partial charge in [0.1, 0.15) is 11.6 Å². The molecule has 11 heteroatoms. The van der Waals surface area contributed by atoms with Crippen LogP contribution in [0.25, 0.3) is 16.9 Å². The summed E-state index contributed by atoms with van der Waals surface area (Å²) in [5.41, 5.74) is 2.54. The number of carbonyl (C=O) groups excluding carboxylic acids is 1. The number of rotatable bonds is 5. The molecule has 0 saturated carbocycles. The molecule has 1 N–H and O–H groups in total. The zero-order chi connectivity index (χ0) is 24.6. The Hall–Kier alpha value is -4.15. The monoisotopic (exact) mass is 482 g/mol. The number of aryl methyl sites for hydroxylation is 1. The largest absolute Gasteiger partial charge is 0.573 e. The Bertz CT molecular complexity index is 1350. The van der Waals surface area contributed by atoms with Crippen molar-refractivity contribution in [2.24, 2.45) is 0 Å². The lowest BCUT2D eigenvalue weighted by Gasteiger charge is -2.24. The summed E-state index contributed by atoms with van der Waals surface area (Å²) in [5, 5.41) is 8.32. The third-order valence-electron chi connectivity index (χ3n) is 5.84. The molecule has 2 aromatic heterocycles. The number of carbonyl (C=O) groups is 1. The minimum atomic E-state index is -4.82. The van der Waals surface area contributed by atoms with E-state index < -0.39 is 6.36 Å². The van der Waals surface area contributed by atoms with Crippen LogP contribution in [0.2, 0.25) is 0 Å². The van der Waals surface area contributed by atoms with E-state index in [1.807, 2.05) is 13.0 Å². The molecule has 2 aromatic carbocycles. The van der Waals surface area contributed by atoms with Crippen LogP contribution in [0, 0.1) is 6.92 Å². The lowest BCUT2D eigenvalue weighted by molar-refractivity contribution is -0.274. The van der Waals surface area contributed by atoms with Crippen molar-refractivity contribution in [1.29, 1.82) is 0 Å². The van der Waals surface area contributed by atoms with Crippen molar-refractivity contribution in [3.05, 3.63) is 78.0 Å². The highest BCUT2D eigenvalue weighted by molar-refractivity contribution is 5.98. The number of hydrogen-bond donors (Lipinski definition) is 1. The first-order valence-electron chi connectivity index (χ1n) is 11.0. The number of para-hydroxylation sites is 1. The normalized spacial score (nSPS) is 16.0. The summed E-state index contributed by atoms with van der Waals surface area (Å²) in [7, 11) is 0. The van der Waals surface area contributed by atoms with Crippen molar-refractivity contribution >= 4 is 5.91 Å². The van der Waals surface area contributed by atoms with Gasteiger partial charge in [0, 0.05) is 12.1 Å². The predicted octanol–water partition coefficient (Wildman–Crippen LogP) is 4.84. The van der Waals surface area contributed by atoms with Crippen LogP contribution in [0.1, 0.15) is 40.6 Å². The Morgan fingerprint density at radius 3 is 2.69 bits per heavy atom. The van der Waals surface area contributed by atoms with Crippen LogP contribution in [0.4, 0.5) is 13.2 Å². The fourth-order valence-corrected chi connectivity index (χ4v) is 4.33. The van der Waals surface area contributed by atoms with Gasteiger partial charge < -0.3 is 14.6 Å². The third kappa shape index (κ3) is 4.61. The smallest absolute Gasteiger partial charge is 0.405 e. The van der Waals surface area contributed by atoms with Crippen molar-refractivity contribution in [2.75, 3.05) is 6.54 Å². The van der Waals surface area contributed by atoms with E-state index in [4.69, 9.17) is 0 Å². The fraction of sp³-hybridized carbons (Fsp3) is 0.250. The molecule has 1 fully saturated rings. The summed E-state index contributed by atoms with van der Waals surface area (Å²) in [6, 6.07) is 11.0. The van der Waals surface area contributed by atoms with Gasteiger partial charge >= 0.3 is 6.36 Å². The predicted molar refractivity (Wildman–Crippen MR) is 120 cm³/mol. The summed E-state index contributed by atoms with van der Waals surface area (Å²) in [5.74, 6) is -0.0213. The molecule has 1 aliphatic rings. The number of likely N-dealkylation sites (tertiary alicyclic amines) is 1. The SMILES string of the molecule is Cc1ccc(-n2nccn2)c(C(=O)N2CCC[C@H]2c2ncc(-c3ccccc3OC(F)(F)F)[nH]2)c1. The number of imidazole rings is 1. The van der Waals surface area contributed by atoms with Gasteiger partial charge in [0.05, 0.1) is 41.6 Å². The van der Waals surface area contributed by atoms with Crippen LogP contribution in [0.3, 0.4) is 0 Å². The lowest BCUT2D eigenvalue weighted by Crippen LogP contribution is -2.32. The third-order valence-corrected chi connectivity index (χ3v) is 5.84. The van der Waals surface area contributed by atoms with E-state index in [2.05, 4.69) is 24.9 Å². The first-order chi connectivity index (χ1) is 16.8. The van der Waals surface area contributed by atoms with E-state index in [1.165, 1.54) is 41.6 Å². The lowest BCUT2D eigenvalue weighted by atomic mass is 10.1. The van der Waals surface area contributed by atoms with Crippen molar-refractivity contribution in [3.8, 4) is 22.7 Å². The summed E-state index contributed by atoms with van der Waals surface area (Å²) in [6.45, 7) is 2.42. The number of benzene rings is 2. The second kappa shape index (κ2) is 8.90. The highest BCUT2D eigenvalue weighted by atomic mass is 19.4. The van der Waals surface area contributed by atoms with E-state index in [1.54, 1.807) is 23.1 Å². The molecule has 1 amide bonds. The zero-order valence-corrected chi connectivity index (χ0v) is 18.7. The van der Waals surface area contributed by atoms with Crippen molar-refractivity contribution in [3.63, 3.8) is 0 Å². The van der Waals surface area contributed by atoms with Crippen LogP contribution in [0.15, 0.2) is 61.1 Å². The van der Waals surface area contributed by atoms with Gasteiger partial charge in [0.25, 0.3) is 5.91 Å². The van der Waals surface area contributed by atoms with Gasteiger partial charge in [-0.2, -0.15) is 15.0 Å². The minimum Gasteiger partial charge on any atom is -0.405 e. The van der Waals surface area contributed by atoms with E-state index >= 15 is 0 Å². The molecule has 0 radical (unpaired) electrons. The second-order valence-electron chi connectivity index (χ2n) is 8.22. The van der Waals surface area contributed by atoms with Gasteiger partial charge in [-0.25, -0.2) is 4.98 Å². The number of aromatic nitrogens is 5. The van der Waals surface area contributed by atoms with Gasteiger partial charge in [0.2, 0.25) is 0 Å². The van der Waals surface area contributed by atoms with Gasteiger partial charge in [0.15, 0.2) is 0 Å². The number of alkyl halides is 3. The molecular formula is C24H21F3N6O2. The highest BCUT2D eigenvalue weighted by Crippen LogP contribution is 2.36. The Labute approximate surface area is 198 Å². The number of aromatic amines is 1. The number of amides is 1. The molecule has 8 nitrogen and oxygen atoms in total. The number of nitrogens with zero attached hydrogens (tertiary/aromatic N) is 5. The van der Waals surface area contributed by atoms with Gasteiger partial charge in [-0.1, -0.05) is 23.8 Å². The van der Waals surface area contributed by atoms with Crippen LogP contribution in [0.5, 0.6) is 5.75 Å². The Kier molecular flexibility index (Phi) is 5.75. The van der Waals surface area contributed by atoms with Gasteiger partial charge in [-0.3, -0.25) is 4.79 Å². The van der Waals surface area contributed by atoms with Crippen LogP contribution >= 0.6 is 0 Å². The number of ether oxygens (including phenoxy) is 1. The van der Waals surface area contributed by atoms with E-state index in [0.29, 0.717) is 35.7 Å². The molecule has 1 saturated heterocycles. The highest BCUT2D eigenvalue weighted by Gasteiger charge is 2.35. The maximum Gasteiger partial charge on any atom is 0.573 e. The molecule has 1 aliphatic heterocycles. The molecule has 180 valence electrons. The maximum atomic E-state index is 13.7. The van der Waals surface area contributed by atoms with Crippen LogP contribution in [-0.4, -0.2) is 48.7 Å². The molecule has 5 rings (SSSR count). The van der Waals surface area contributed by atoms with Crippen molar-refractivity contribution in [2.45, 2.75) is 32.2 Å². The molecule has 0 unspecified atom stereocenters. The summed E-state index contributed by atoms with van der Waals surface area (Å²) in [6.07, 6.45) is 1.15. The Morgan fingerprint density at radius 2 is 1.91 bits per heavy atom. The van der Waals surface area contributed by atoms with E-state index in [-0.39, 0.29) is 23.3 Å². The van der Waals surface area contributed by atoms with E-state index in [9.17, 15) is 18.0 Å². The first-order valence-corrected chi connectivity index (χ1v) is 11.0. The van der Waals surface area contributed by atoms with Crippen molar-refractivity contribution in [1.82, 2.24) is 29.9 Å². The Balaban J connectivity index is 1.45. The van der Waals surface area contributed by atoms with Gasteiger partial charge in [-0.15, -0.1) is 13.2 Å². The number of halogens is 3. The summed E-state index contributed by atoms with van der Waals surface area (Å²) >= 11 is 0. The quantitative estimate of drug-likeness (QED) is 0.440. The summed E-state index contributed by atoms with van der Waals surface area (Å²) < 4.78 is 42.7. The van der Waals surface area contributed by atoms with Gasteiger partial charge in [-0.05, 0) is 44.0 Å². The fourth-order valence-electron chi connectivity index (χ4n) is 4.33. The zero-order valence-electron chi connectivity index (χ0n) is 18.7. The van der Waals surface area contributed by atoms with Crippen LogP contribution < -0.4 is 4.74 Å². The summed E-state index contributed by atoms with van der Waals surface area (Å²) in [4.78, 5) is 24.3. The molecule has 35 heavy (non-hydrogen) atoms. The minimum absolute atomic E-state index is 0.192. The average Bonchev–Trinajstić information content (AvgIpc) is 3.59. The number of nitrogens with one attached hydrogen (secondary N) is 1. The van der Waals surface area contributed by atoms with Crippen LogP contribution in [-0.2, 0) is 0 Å². The topological polar surface area (TPSA) is 88.9 Å². The number of hydrogen-bond acceptors (Lipinski definition) is 5. The molecule has 3 heterocycles. The molecule has 0 bridgehead atoms. The first kappa shape index (κ1) is 22.6. The average molecular weight is 482 g/mol. The molecule has 4 aromatic rings. The molecule has 1 atom stereocenters. The maximum absolute atomic E-state index is 13.7. The molecular weight excluding hydrogens is 461 g/mol. The number of H-pyrrole nitrogens is 1. The molecule has 0 aliphatic carbocycles. The Morgan fingerprint density at radius 1 is 1.14 bits per heavy atom. The van der Waals surface area contributed by atoms with Crippen molar-refractivity contribution < 1.29 is 22.7 Å². The second-order valence-corrected chi connectivity index (χ2v) is 8.22. The van der Waals surface area contributed by atoms with E-state index in [0.717, 1.165) is 12.0 Å². The standard InChI is InChI=1S/C24H21F3N6O2/c1-15-8-9-19(33-29-10-11-30-33)17(13-15)23(34)32-12-4-6-20(32)22-28-14-18(31-22)16-5-2-3-7-21(16)35-24(25,26)27/h2-3,5,7-11,13-14,20H,4,6,12H2,1H3,(H,28,31)/t20-/m0/s1. The molecule has 0 spiro atoms.